The average molecular weight is 556 g/mol. The fraction of sp³-hybridized carbons (Fsp3) is 0.667. The number of carbonyl (C=O) groups excluding carboxylic acids is 3. The van der Waals surface area contributed by atoms with E-state index in [0.717, 1.165) is 12.1 Å². The van der Waals surface area contributed by atoms with E-state index in [1.54, 1.807) is 18.9 Å². The molecule has 0 aliphatic carbocycles. The number of hydrogen-bond donors (Lipinski definition) is 4. The summed E-state index contributed by atoms with van der Waals surface area (Å²) in [7, 11) is 1.64. The van der Waals surface area contributed by atoms with E-state index in [4.69, 9.17) is 0 Å². The molecule has 39 heavy (non-hydrogen) atoms. The van der Waals surface area contributed by atoms with Gasteiger partial charge >= 0.3 is 6.18 Å². The first kappa shape index (κ1) is 30.8. The maximum absolute atomic E-state index is 13.8. The number of fused-ring (bicyclic) bond motifs is 1. The number of nitrogens with zero attached hydrogens (tertiary/aromatic N) is 2. The number of hydrogen-bond acceptors (Lipinski definition) is 6. The van der Waals surface area contributed by atoms with Crippen molar-refractivity contribution in [2.24, 2.45) is 5.92 Å². The van der Waals surface area contributed by atoms with E-state index in [1.165, 1.54) is 12.1 Å². The van der Waals surface area contributed by atoms with Crippen LogP contribution in [0.25, 0.3) is 0 Å². The number of benzene rings is 1. The third kappa shape index (κ3) is 7.92. The molecular formula is C27H40F3N5O4. The molecule has 2 heterocycles. The normalized spacial score (nSPS) is 24.1. The first-order chi connectivity index (χ1) is 18.3. The highest BCUT2D eigenvalue weighted by Crippen LogP contribution is 2.31. The van der Waals surface area contributed by atoms with Gasteiger partial charge in [0.05, 0.1) is 11.6 Å². The highest BCUT2D eigenvalue weighted by atomic mass is 19.4. The Morgan fingerprint density at radius 1 is 1.10 bits per heavy atom. The number of halogens is 3. The number of amides is 3. The van der Waals surface area contributed by atoms with Crippen molar-refractivity contribution >= 4 is 17.7 Å². The number of nitrogens with one attached hydrogen (secondary N) is 3. The summed E-state index contributed by atoms with van der Waals surface area (Å²) in [5.41, 5.74) is -0.262. The molecule has 2 aliphatic heterocycles. The molecule has 0 spiro atoms. The van der Waals surface area contributed by atoms with Crippen LogP contribution in [-0.2, 0) is 27.1 Å². The van der Waals surface area contributed by atoms with Crippen molar-refractivity contribution in [1.29, 1.82) is 0 Å². The first-order valence-corrected chi connectivity index (χ1v) is 13.5. The molecule has 1 aromatic carbocycles. The second kappa shape index (κ2) is 13.1. The van der Waals surface area contributed by atoms with Crippen molar-refractivity contribution in [1.82, 2.24) is 25.8 Å². The van der Waals surface area contributed by atoms with Gasteiger partial charge in [0, 0.05) is 25.7 Å². The minimum atomic E-state index is -4.44. The largest absolute Gasteiger partial charge is 0.416 e. The number of alkyl halides is 3. The molecule has 9 nitrogen and oxygen atoms in total. The highest BCUT2D eigenvalue weighted by molar-refractivity contribution is 5.94. The second-order valence-electron chi connectivity index (χ2n) is 10.9. The predicted molar refractivity (Wildman–Crippen MR) is 139 cm³/mol. The van der Waals surface area contributed by atoms with Gasteiger partial charge in [-0.3, -0.25) is 19.3 Å². The van der Waals surface area contributed by atoms with Gasteiger partial charge in [0.15, 0.2) is 0 Å². The average Bonchev–Trinajstić information content (AvgIpc) is 3.29. The molecule has 12 heteroatoms. The lowest BCUT2D eigenvalue weighted by atomic mass is 10.0. The van der Waals surface area contributed by atoms with Gasteiger partial charge in [-0.1, -0.05) is 26.0 Å². The van der Waals surface area contributed by atoms with Crippen LogP contribution in [0.5, 0.6) is 0 Å². The van der Waals surface area contributed by atoms with Crippen molar-refractivity contribution < 1.29 is 32.7 Å². The number of aliphatic hydroxyl groups excluding tert-OH is 1. The van der Waals surface area contributed by atoms with Crippen LogP contribution in [0.1, 0.15) is 57.6 Å². The van der Waals surface area contributed by atoms with Crippen LogP contribution < -0.4 is 16.0 Å². The molecule has 2 aliphatic rings. The molecule has 2 unspecified atom stereocenters. The standard InChI is InChI=1S/C27H40F3N5O4/c1-16(2)13-23(36)34-12-11-20-9-10-22(35(20)26(39)21(15-34)33-24(37)17(3)31-4)25(38)32-14-18-5-7-19(8-6-18)27(28,29)30/h5-8,16-17,20-23,31,36H,9-15H2,1-4H3,(H,32,38)(H,33,37)/t17-,20?,21-,22-,23?/m0/s1. The molecule has 0 saturated carbocycles. The molecule has 3 rings (SSSR count). The molecule has 0 bridgehead atoms. The van der Waals surface area contributed by atoms with Crippen molar-refractivity contribution in [2.75, 3.05) is 20.1 Å². The van der Waals surface area contributed by atoms with Crippen LogP contribution in [0, 0.1) is 5.92 Å². The third-order valence-corrected chi connectivity index (χ3v) is 7.52. The molecule has 5 atom stereocenters. The molecule has 4 N–H and O–H groups in total. The minimum Gasteiger partial charge on any atom is -0.378 e. The van der Waals surface area contributed by atoms with Crippen LogP contribution in [-0.4, -0.2) is 83.2 Å². The first-order valence-electron chi connectivity index (χ1n) is 13.5. The molecule has 0 aromatic heterocycles. The molecule has 3 amide bonds. The molecule has 2 saturated heterocycles. The minimum absolute atomic E-state index is 0.0230. The van der Waals surface area contributed by atoms with Gasteiger partial charge < -0.3 is 26.0 Å². The zero-order valence-corrected chi connectivity index (χ0v) is 22.9. The Balaban J connectivity index is 1.75. The second-order valence-corrected chi connectivity index (χ2v) is 10.9. The Hall–Kier alpha value is -2.70. The Morgan fingerprint density at radius 3 is 2.36 bits per heavy atom. The Labute approximate surface area is 227 Å². The van der Waals surface area contributed by atoms with Crippen molar-refractivity contribution in [2.45, 2.75) is 89.6 Å². The lowest BCUT2D eigenvalue weighted by Gasteiger charge is -2.40. The summed E-state index contributed by atoms with van der Waals surface area (Å²) in [5, 5.41) is 19.2. The molecule has 0 radical (unpaired) electrons. The maximum Gasteiger partial charge on any atom is 0.416 e. The topological polar surface area (TPSA) is 114 Å². The van der Waals surface area contributed by atoms with Crippen LogP contribution >= 0.6 is 0 Å². The Morgan fingerprint density at radius 2 is 1.77 bits per heavy atom. The fourth-order valence-electron chi connectivity index (χ4n) is 5.15. The molecule has 218 valence electrons. The summed E-state index contributed by atoms with van der Waals surface area (Å²) < 4.78 is 38.5. The van der Waals surface area contributed by atoms with E-state index in [9.17, 15) is 32.7 Å². The number of carbonyl (C=O) groups is 3. The van der Waals surface area contributed by atoms with Gasteiger partial charge in [-0.15, -0.1) is 0 Å². The van der Waals surface area contributed by atoms with Gasteiger partial charge in [-0.25, -0.2) is 0 Å². The summed E-state index contributed by atoms with van der Waals surface area (Å²) in [5.74, 6) is -0.907. The van der Waals surface area contributed by atoms with Crippen molar-refractivity contribution in [3.8, 4) is 0 Å². The number of likely N-dealkylation sites (N-methyl/N-ethyl adjacent to an activating group) is 1. The SMILES string of the molecule is CN[C@@H](C)C(=O)N[C@H]1CN(C(O)CC(C)C)CCC2CC[C@@H](C(=O)NCc3ccc(C(F)(F)F)cc3)N2C1=O. The van der Waals surface area contributed by atoms with Crippen LogP contribution in [0.4, 0.5) is 13.2 Å². The summed E-state index contributed by atoms with van der Waals surface area (Å²) >= 11 is 0. The van der Waals surface area contributed by atoms with E-state index in [0.29, 0.717) is 37.8 Å². The predicted octanol–water partition coefficient (Wildman–Crippen LogP) is 1.84. The van der Waals surface area contributed by atoms with E-state index in [2.05, 4.69) is 16.0 Å². The summed E-state index contributed by atoms with van der Waals surface area (Å²) in [4.78, 5) is 43.1. The smallest absolute Gasteiger partial charge is 0.378 e. The van der Waals surface area contributed by atoms with Crippen LogP contribution in [0.15, 0.2) is 24.3 Å². The number of rotatable bonds is 9. The number of aliphatic hydroxyl groups is 1. The fourth-order valence-corrected chi connectivity index (χ4v) is 5.15. The van der Waals surface area contributed by atoms with Crippen LogP contribution in [0.3, 0.4) is 0 Å². The quantitative estimate of drug-likeness (QED) is 0.370. The van der Waals surface area contributed by atoms with Gasteiger partial charge in [0.2, 0.25) is 17.7 Å². The van der Waals surface area contributed by atoms with Gasteiger partial charge in [-0.2, -0.15) is 13.2 Å². The Kier molecular flexibility index (Phi) is 10.4. The van der Waals surface area contributed by atoms with E-state index < -0.39 is 42.0 Å². The third-order valence-electron chi connectivity index (χ3n) is 7.52. The zero-order chi connectivity index (χ0) is 28.9. The Bertz CT molecular complexity index is 1000. The van der Waals surface area contributed by atoms with Gasteiger partial charge in [-0.05, 0) is 63.3 Å². The molecule has 1 aromatic rings. The highest BCUT2D eigenvalue weighted by Gasteiger charge is 2.45. The van der Waals surface area contributed by atoms with Crippen LogP contribution in [0.2, 0.25) is 0 Å². The molecular weight excluding hydrogens is 515 g/mol. The summed E-state index contributed by atoms with van der Waals surface area (Å²) in [6.45, 7) is 6.30. The van der Waals surface area contributed by atoms with Crippen molar-refractivity contribution in [3.05, 3.63) is 35.4 Å². The lowest BCUT2D eigenvalue weighted by molar-refractivity contribution is -0.146. The lowest BCUT2D eigenvalue weighted by Crippen LogP contribution is -2.62. The monoisotopic (exact) mass is 555 g/mol. The zero-order valence-electron chi connectivity index (χ0n) is 22.9. The summed E-state index contributed by atoms with van der Waals surface area (Å²) in [6.07, 6.45) is -3.11. The maximum atomic E-state index is 13.8. The van der Waals surface area contributed by atoms with E-state index in [-0.39, 0.29) is 36.9 Å². The molecule has 2 fully saturated rings. The summed E-state index contributed by atoms with van der Waals surface area (Å²) in [6, 6.07) is 2.05. The van der Waals surface area contributed by atoms with E-state index >= 15 is 0 Å². The van der Waals surface area contributed by atoms with Gasteiger partial charge in [0.25, 0.3) is 0 Å². The van der Waals surface area contributed by atoms with E-state index in [1.807, 2.05) is 18.7 Å². The van der Waals surface area contributed by atoms with Crippen molar-refractivity contribution in [3.63, 3.8) is 0 Å². The van der Waals surface area contributed by atoms with Gasteiger partial charge in [0.1, 0.15) is 18.3 Å².